The number of unbranched alkanes of at least 4 members (excludes halogenated alkanes) is 3. The van der Waals surface area contributed by atoms with E-state index >= 15 is 0 Å². The van der Waals surface area contributed by atoms with E-state index in [0.29, 0.717) is 28.6 Å². The van der Waals surface area contributed by atoms with Crippen LogP contribution in [0.2, 0.25) is 10.0 Å². The molecule has 0 aromatic heterocycles. The Bertz CT molecular complexity index is 697. The summed E-state index contributed by atoms with van der Waals surface area (Å²) in [7, 11) is 0. The number of likely N-dealkylation sites (tertiary alicyclic amines) is 1. The Morgan fingerprint density at radius 3 is 2.67 bits per heavy atom. The zero-order valence-electron chi connectivity index (χ0n) is 15.4. The van der Waals surface area contributed by atoms with Gasteiger partial charge in [-0.1, -0.05) is 55.5 Å². The summed E-state index contributed by atoms with van der Waals surface area (Å²) in [6.45, 7) is 2.81. The first-order valence-corrected chi connectivity index (χ1v) is 10.0. The minimum absolute atomic E-state index is 0.184. The van der Waals surface area contributed by atoms with Gasteiger partial charge in [-0.05, 0) is 30.5 Å². The fourth-order valence-corrected chi connectivity index (χ4v) is 3.46. The van der Waals surface area contributed by atoms with E-state index in [2.05, 4.69) is 17.6 Å². The second kappa shape index (κ2) is 10.5. The van der Waals surface area contributed by atoms with Crippen LogP contribution in [0.4, 0.5) is 4.79 Å². The summed E-state index contributed by atoms with van der Waals surface area (Å²) in [5.74, 6) is -0.696. The minimum atomic E-state index is -0.792. The summed E-state index contributed by atoms with van der Waals surface area (Å²) in [6.07, 6.45) is 4.60. The van der Waals surface area contributed by atoms with E-state index in [1.165, 1.54) is 0 Å². The molecule has 2 rings (SSSR count). The van der Waals surface area contributed by atoms with E-state index in [0.717, 1.165) is 30.6 Å². The summed E-state index contributed by atoms with van der Waals surface area (Å²) in [5.41, 5.74) is 0.714. The molecular weight excluding hydrogens is 389 g/mol. The summed E-state index contributed by atoms with van der Waals surface area (Å²) < 4.78 is 0. The summed E-state index contributed by atoms with van der Waals surface area (Å²) in [5, 5.41) is 6.45. The number of benzene rings is 1. The van der Waals surface area contributed by atoms with Crippen LogP contribution in [-0.4, -0.2) is 35.3 Å². The Morgan fingerprint density at radius 1 is 1.19 bits per heavy atom. The smallest absolute Gasteiger partial charge is 0.324 e. The Kier molecular flexibility index (Phi) is 8.38. The second-order valence-electron chi connectivity index (χ2n) is 6.56. The molecular formula is C19H25Cl2N3O3. The number of carbonyl (C=O) groups excluding carboxylic acids is 3. The molecule has 1 aromatic rings. The van der Waals surface area contributed by atoms with Crippen molar-refractivity contribution in [2.75, 3.05) is 6.54 Å². The van der Waals surface area contributed by atoms with E-state index < -0.39 is 12.1 Å². The lowest BCUT2D eigenvalue weighted by Crippen LogP contribution is -2.51. The van der Waals surface area contributed by atoms with Crippen molar-refractivity contribution in [1.82, 2.24) is 15.5 Å². The maximum atomic E-state index is 12.5. The van der Waals surface area contributed by atoms with E-state index in [1.54, 1.807) is 18.2 Å². The average molecular weight is 414 g/mol. The molecule has 1 fully saturated rings. The van der Waals surface area contributed by atoms with Gasteiger partial charge in [0.1, 0.15) is 6.04 Å². The van der Waals surface area contributed by atoms with Gasteiger partial charge in [0, 0.05) is 29.6 Å². The third kappa shape index (κ3) is 6.11. The highest BCUT2D eigenvalue weighted by molar-refractivity contribution is 6.35. The van der Waals surface area contributed by atoms with Crippen LogP contribution in [0.1, 0.15) is 51.0 Å². The Balaban J connectivity index is 1.89. The molecule has 1 aromatic carbocycles. The molecule has 0 aliphatic carbocycles. The van der Waals surface area contributed by atoms with Gasteiger partial charge in [0.2, 0.25) is 11.8 Å². The van der Waals surface area contributed by atoms with Gasteiger partial charge in [-0.2, -0.15) is 0 Å². The molecule has 1 saturated heterocycles. The predicted octanol–water partition coefficient (Wildman–Crippen LogP) is 3.89. The second-order valence-corrected chi connectivity index (χ2v) is 7.41. The van der Waals surface area contributed by atoms with Crippen molar-refractivity contribution < 1.29 is 14.4 Å². The molecule has 1 aliphatic heterocycles. The molecule has 0 spiro atoms. The first-order valence-electron chi connectivity index (χ1n) is 9.25. The van der Waals surface area contributed by atoms with Gasteiger partial charge in [-0.25, -0.2) is 4.79 Å². The number of hydrogen-bond donors (Lipinski definition) is 2. The van der Waals surface area contributed by atoms with Crippen molar-refractivity contribution in [3.63, 3.8) is 0 Å². The molecule has 148 valence electrons. The lowest BCUT2D eigenvalue weighted by atomic mass is 10.2. The largest absolute Gasteiger partial charge is 0.350 e. The van der Waals surface area contributed by atoms with Gasteiger partial charge in [0.05, 0.1) is 0 Å². The number of rotatable bonds is 8. The third-order valence-corrected chi connectivity index (χ3v) is 5.10. The highest BCUT2D eigenvalue weighted by atomic mass is 35.5. The lowest BCUT2D eigenvalue weighted by molar-refractivity contribution is -0.132. The minimum Gasteiger partial charge on any atom is -0.350 e. The number of nitrogens with one attached hydrogen (secondary N) is 2. The molecule has 0 radical (unpaired) electrons. The lowest BCUT2D eigenvalue weighted by Gasteiger charge is -2.22. The monoisotopic (exact) mass is 413 g/mol. The van der Waals surface area contributed by atoms with Gasteiger partial charge < -0.3 is 10.6 Å². The van der Waals surface area contributed by atoms with Crippen molar-refractivity contribution >= 4 is 41.0 Å². The van der Waals surface area contributed by atoms with Gasteiger partial charge in [0.25, 0.3) is 0 Å². The van der Waals surface area contributed by atoms with Crippen LogP contribution in [0.3, 0.4) is 0 Å². The summed E-state index contributed by atoms with van der Waals surface area (Å²) >= 11 is 12.0. The quantitative estimate of drug-likeness (QED) is 0.634. The molecule has 1 aliphatic rings. The zero-order valence-corrected chi connectivity index (χ0v) is 16.9. The van der Waals surface area contributed by atoms with Crippen molar-refractivity contribution in [2.45, 2.75) is 58.0 Å². The molecule has 4 amide bonds. The van der Waals surface area contributed by atoms with Gasteiger partial charge in [-0.3, -0.25) is 14.5 Å². The molecule has 2 N–H and O–H groups in total. The number of amides is 4. The highest BCUT2D eigenvalue weighted by Gasteiger charge is 2.40. The molecule has 0 bridgehead atoms. The summed E-state index contributed by atoms with van der Waals surface area (Å²) in [4.78, 5) is 38.0. The molecule has 0 saturated carbocycles. The van der Waals surface area contributed by atoms with Crippen molar-refractivity contribution in [2.24, 2.45) is 0 Å². The molecule has 1 atom stereocenters. The first kappa shape index (κ1) is 21.5. The maximum Gasteiger partial charge on any atom is 0.324 e. The normalized spacial score (nSPS) is 16.5. The average Bonchev–Trinajstić information content (AvgIpc) is 3.02. The zero-order chi connectivity index (χ0) is 19.8. The Morgan fingerprint density at radius 2 is 1.96 bits per heavy atom. The SMILES string of the molecule is CCCCCCNC(=O)N1C(=O)CCC1C(=O)NCc1ccc(Cl)cc1Cl. The van der Waals surface area contributed by atoms with E-state index in [-0.39, 0.29) is 24.8 Å². The fraction of sp³-hybridized carbons (Fsp3) is 0.526. The van der Waals surface area contributed by atoms with Gasteiger partial charge in [-0.15, -0.1) is 0 Å². The van der Waals surface area contributed by atoms with Crippen LogP contribution in [0.5, 0.6) is 0 Å². The van der Waals surface area contributed by atoms with E-state index in [9.17, 15) is 14.4 Å². The highest BCUT2D eigenvalue weighted by Crippen LogP contribution is 2.22. The number of carbonyl (C=O) groups is 3. The molecule has 1 unspecified atom stereocenters. The number of imide groups is 1. The molecule has 8 heteroatoms. The third-order valence-electron chi connectivity index (χ3n) is 4.51. The number of nitrogens with zero attached hydrogens (tertiary/aromatic N) is 1. The standard InChI is InChI=1S/C19H25Cl2N3O3/c1-2-3-4-5-10-22-19(27)24-16(8-9-17(24)25)18(26)23-12-13-6-7-14(20)11-15(13)21/h6-7,11,16H,2-5,8-10,12H2,1H3,(H,22,27)(H,23,26). The molecule has 6 nitrogen and oxygen atoms in total. The van der Waals surface area contributed by atoms with Crippen molar-refractivity contribution in [3.05, 3.63) is 33.8 Å². The molecule has 1 heterocycles. The number of halogens is 2. The van der Waals surface area contributed by atoms with Gasteiger partial charge in [0.15, 0.2) is 0 Å². The number of hydrogen-bond acceptors (Lipinski definition) is 3. The number of urea groups is 1. The van der Waals surface area contributed by atoms with Crippen LogP contribution >= 0.6 is 23.2 Å². The van der Waals surface area contributed by atoms with Crippen LogP contribution in [0.25, 0.3) is 0 Å². The van der Waals surface area contributed by atoms with Gasteiger partial charge >= 0.3 is 6.03 Å². The van der Waals surface area contributed by atoms with Crippen LogP contribution in [0, 0.1) is 0 Å². The van der Waals surface area contributed by atoms with Crippen molar-refractivity contribution in [1.29, 1.82) is 0 Å². The Labute approximate surface area is 169 Å². The first-order chi connectivity index (χ1) is 12.9. The van der Waals surface area contributed by atoms with Crippen LogP contribution < -0.4 is 10.6 Å². The fourth-order valence-electron chi connectivity index (χ4n) is 2.98. The van der Waals surface area contributed by atoms with Crippen LogP contribution in [0.15, 0.2) is 18.2 Å². The molecule has 27 heavy (non-hydrogen) atoms. The van der Waals surface area contributed by atoms with Crippen molar-refractivity contribution in [3.8, 4) is 0 Å². The summed E-state index contributed by atoms with van der Waals surface area (Å²) in [6, 6.07) is 3.72. The Hall–Kier alpha value is -1.79. The van der Waals surface area contributed by atoms with Crippen LogP contribution in [-0.2, 0) is 16.1 Å². The predicted molar refractivity (Wildman–Crippen MR) is 106 cm³/mol. The van der Waals surface area contributed by atoms with E-state index in [1.807, 2.05) is 0 Å². The van der Waals surface area contributed by atoms with E-state index in [4.69, 9.17) is 23.2 Å². The topological polar surface area (TPSA) is 78.5 Å². The maximum absolute atomic E-state index is 12.5.